The van der Waals surface area contributed by atoms with E-state index in [1.54, 1.807) is 0 Å². The summed E-state index contributed by atoms with van der Waals surface area (Å²) in [5.74, 6) is -0.372. The summed E-state index contributed by atoms with van der Waals surface area (Å²) in [6, 6.07) is 10.2. The molecule has 1 aliphatic heterocycles. The Balaban J connectivity index is 1.67. The maximum absolute atomic E-state index is 12.5. The SMILES string of the molecule is CS(=O)(=O)N(CC(=O)NCc1cccc(CN2CCCC2=O)c1)c1cc(Cl)c(Cl)cc1Cl. The molecule has 0 spiro atoms. The summed E-state index contributed by atoms with van der Waals surface area (Å²) >= 11 is 18.1. The first-order chi connectivity index (χ1) is 15.0. The number of nitrogens with one attached hydrogen (secondary N) is 1. The lowest BCUT2D eigenvalue weighted by atomic mass is 10.1. The summed E-state index contributed by atoms with van der Waals surface area (Å²) in [6.45, 7) is 1.00. The summed E-state index contributed by atoms with van der Waals surface area (Å²) in [6.07, 6.45) is 2.42. The Morgan fingerprint density at radius 2 is 1.78 bits per heavy atom. The van der Waals surface area contributed by atoms with Crippen molar-refractivity contribution in [3.05, 3.63) is 62.6 Å². The fraction of sp³-hybridized carbons (Fsp3) is 0.333. The monoisotopic (exact) mass is 517 g/mol. The van der Waals surface area contributed by atoms with E-state index in [-0.39, 0.29) is 33.2 Å². The highest BCUT2D eigenvalue weighted by Crippen LogP contribution is 2.35. The second-order valence-corrected chi connectivity index (χ2v) is 10.6. The third-order valence-electron chi connectivity index (χ3n) is 4.97. The van der Waals surface area contributed by atoms with Crippen molar-refractivity contribution in [1.29, 1.82) is 0 Å². The van der Waals surface area contributed by atoms with Crippen LogP contribution in [0.3, 0.4) is 0 Å². The molecule has 0 aliphatic carbocycles. The Morgan fingerprint density at radius 1 is 1.09 bits per heavy atom. The zero-order valence-electron chi connectivity index (χ0n) is 17.3. The van der Waals surface area contributed by atoms with Crippen LogP contribution in [-0.4, -0.2) is 44.5 Å². The normalized spacial score (nSPS) is 14.0. The molecule has 1 heterocycles. The molecule has 7 nitrogen and oxygen atoms in total. The van der Waals surface area contributed by atoms with Gasteiger partial charge in [-0.1, -0.05) is 59.1 Å². The fourth-order valence-corrected chi connectivity index (χ4v) is 4.95. The summed E-state index contributed by atoms with van der Waals surface area (Å²) in [5, 5.41) is 3.07. The molecule has 1 N–H and O–H groups in total. The van der Waals surface area contributed by atoms with Gasteiger partial charge in [0.05, 0.1) is 27.0 Å². The summed E-state index contributed by atoms with van der Waals surface area (Å²) in [4.78, 5) is 26.2. The first-order valence-corrected chi connectivity index (χ1v) is 12.8. The number of halogens is 3. The Labute approximate surface area is 202 Å². The number of amides is 2. The number of hydrogen-bond donors (Lipinski definition) is 1. The van der Waals surface area contributed by atoms with Crippen molar-refractivity contribution >= 4 is 62.3 Å². The van der Waals surface area contributed by atoms with Gasteiger partial charge in [0, 0.05) is 26.1 Å². The number of sulfonamides is 1. The maximum Gasteiger partial charge on any atom is 0.241 e. The van der Waals surface area contributed by atoms with Gasteiger partial charge in [-0.2, -0.15) is 0 Å². The first-order valence-electron chi connectivity index (χ1n) is 9.79. The summed E-state index contributed by atoms with van der Waals surface area (Å²) in [5.41, 5.74) is 1.87. The van der Waals surface area contributed by atoms with Gasteiger partial charge in [0.15, 0.2) is 0 Å². The molecule has 2 aromatic rings. The van der Waals surface area contributed by atoms with Crippen molar-refractivity contribution in [2.75, 3.05) is 23.7 Å². The lowest BCUT2D eigenvalue weighted by Crippen LogP contribution is -2.40. The molecule has 0 bridgehead atoms. The highest BCUT2D eigenvalue weighted by Gasteiger charge is 2.24. The average Bonchev–Trinajstić information content (AvgIpc) is 3.11. The zero-order chi connectivity index (χ0) is 23.5. The van der Waals surface area contributed by atoms with E-state index in [1.165, 1.54) is 12.1 Å². The predicted molar refractivity (Wildman–Crippen MR) is 127 cm³/mol. The summed E-state index contributed by atoms with van der Waals surface area (Å²) in [7, 11) is -3.82. The molecule has 2 amide bonds. The first kappa shape index (κ1) is 24.6. The van der Waals surface area contributed by atoms with E-state index in [0.717, 1.165) is 34.7 Å². The zero-order valence-corrected chi connectivity index (χ0v) is 20.4. The Hall–Kier alpha value is -2.00. The van der Waals surface area contributed by atoms with Gasteiger partial charge < -0.3 is 10.2 Å². The van der Waals surface area contributed by atoms with Gasteiger partial charge in [0.1, 0.15) is 6.54 Å². The second kappa shape index (κ2) is 10.3. The fourth-order valence-electron chi connectivity index (χ4n) is 3.40. The molecule has 1 saturated heterocycles. The minimum atomic E-state index is -3.82. The standard InChI is InChI=1S/C21H22Cl3N3O4S/c1-32(30,31)27(19-10-17(23)16(22)9-18(19)24)13-20(28)25-11-14-4-2-5-15(8-14)12-26-7-3-6-21(26)29/h2,4-5,8-10H,3,6-7,11-13H2,1H3,(H,25,28). The largest absolute Gasteiger partial charge is 0.350 e. The van der Waals surface area contributed by atoms with Crippen LogP contribution in [0.5, 0.6) is 0 Å². The van der Waals surface area contributed by atoms with Gasteiger partial charge in [0.25, 0.3) is 0 Å². The van der Waals surface area contributed by atoms with Crippen LogP contribution in [0.15, 0.2) is 36.4 Å². The molecule has 0 atom stereocenters. The van der Waals surface area contributed by atoms with Crippen LogP contribution in [-0.2, 0) is 32.7 Å². The Bertz CT molecular complexity index is 1140. The lowest BCUT2D eigenvalue weighted by molar-refractivity contribution is -0.128. The number of carbonyl (C=O) groups excluding carboxylic acids is 2. The van der Waals surface area contributed by atoms with Gasteiger partial charge in [-0.05, 0) is 29.7 Å². The molecule has 0 aromatic heterocycles. The molecule has 172 valence electrons. The van der Waals surface area contributed by atoms with Crippen molar-refractivity contribution in [2.45, 2.75) is 25.9 Å². The molecule has 0 saturated carbocycles. The van der Waals surface area contributed by atoms with Crippen LogP contribution in [0.2, 0.25) is 15.1 Å². The molecule has 2 aromatic carbocycles. The van der Waals surface area contributed by atoms with Crippen molar-refractivity contribution in [3.63, 3.8) is 0 Å². The van der Waals surface area contributed by atoms with E-state index >= 15 is 0 Å². The van der Waals surface area contributed by atoms with E-state index in [0.29, 0.717) is 13.0 Å². The molecule has 1 aliphatic rings. The number of hydrogen-bond acceptors (Lipinski definition) is 4. The quantitative estimate of drug-likeness (QED) is 0.538. The van der Waals surface area contributed by atoms with E-state index in [1.807, 2.05) is 29.2 Å². The van der Waals surface area contributed by atoms with Gasteiger partial charge in [0.2, 0.25) is 21.8 Å². The third-order valence-corrected chi connectivity index (χ3v) is 7.12. The minimum absolute atomic E-state index is 0.0572. The van der Waals surface area contributed by atoms with Gasteiger partial charge in [-0.3, -0.25) is 13.9 Å². The van der Waals surface area contributed by atoms with E-state index < -0.39 is 22.5 Å². The smallest absolute Gasteiger partial charge is 0.241 e. The molecule has 1 fully saturated rings. The molecule has 3 rings (SSSR count). The van der Waals surface area contributed by atoms with E-state index in [4.69, 9.17) is 34.8 Å². The van der Waals surface area contributed by atoms with E-state index in [2.05, 4.69) is 5.32 Å². The Kier molecular flexibility index (Phi) is 7.92. The maximum atomic E-state index is 12.5. The van der Waals surface area contributed by atoms with Crippen LogP contribution in [0.25, 0.3) is 0 Å². The average molecular weight is 519 g/mol. The highest BCUT2D eigenvalue weighted by atomic mass is 35.5. The van der Waals surface area contributed by atoms with Crippen molar-refractivity contribution in [2.24, 2.45) is 0 Å². The lowest BCUT2D eigenvalue weighted by Gasteiger charge is -2.23. The molecule has 32 heavy (non-hydrogen) atoms. The van der Waals surface area contributed by atoms with Crippen LogP contribution < -0.4 is 9.62 Å². The third kappa shape index (κ3) is 6.28. The molecular weight excluding hydrogens is 497 g/mol. The van der Waals surface area contributed by atoms with Crippen LogP contribution in [0.4, 0.5) is 5.69 Å². The number of anilines is 1. The predicted octanol–water partition coefficient (Wildman–Crippen LogP) is 3.85. The highest BCUT2D eigenvalue weighted by molar-refractivity contribution is 7.92. The van der Waals surface area contributed by atoms with Gasteiger partial charge in [-0.25, -0.2) is 8.42 Å². The topological polar surface area (TPSA) is 86.8 Å². The summed E-state index contributed by atoms with van der Waals surface area (Å²) < 4.78 is 25.5. The molecular formula is C21H22Cl3N3O4S. The molecule has 0 unspecified atom stereocenters. The van der Waals surface area contributed by atoms with Crippen molar-refractivity contribution in [1.82, 2.24) is 10.2 Å². The van der Waals surface area contributed by atoms with Crippen LogP contribution in [0.1, 0.15) is 24.0 Å². The van der Waals surface area contributed by atoms with Crippen LogP contribution >= 0.6 is 34.8 Å². The van der Waals surface area contributed by atoms with Crippen LogP contribution in [0, 0.1) is 0 Å². The number of likely N-dealkylation sites (tertiary alicyclic amines) is 1. The van der Waals surface area contributed by atoms with Gasteiger partial charge in [-0.15, -0.1) is 0 Å². The van der Waals surface area contributed by atoms with E-state index in [9.17, 15) is 18.0 Å². The molecule has 11 heteroatoms. The minimum Gasteiger partial charge on any atom is -0.350 e. The number of carbonyl (C=O) groups is 2. The number of nitrogens with zero attached hydrogens (tertiary/aromatic N) is 2. The number of benzene rings is 2. The van der Waals surface area contributed by atoms with Crippen molar-refractivity contribution < 1.29 is 18.0 Å². The Morgan fingerprint density at radius 3 is 2.44 bits per heavy atom. The van der Waals surface area contributed by atoms with Crippen molar-refractivity contribution in [3.8, 4) is 0 Å². The van der Waals surface area contributed by atoms with Gasteiger partial charge >= 0.3 is 0 Å². The number of rotatable bonds is 8. The molecule has 0 radical (unpaired) electrons. The second-order valence-electron chi connectivity index (χ2n) is 7.50.